The lowest BCUT2D eigenvalue weighted by atomic mass is 9.99. The first-order valence-corrected chi connectivity index (χ1v) is 12.9. The molecule has 0 aliphatic carbocycles. The van der Waals surface area contributed by atoms with E-state index in [-0.39, 0.29) is 16.9 Å². The first kappa shape index (κ1) is 24.5. The number of nitrogens with zero attached hydrogens (tertiary/aromatic N) is 1. The van der Waals surface area contributed by atoms with Gasteiger partial charge in [-0.2, -0.15) is 0 Å². The highest BCUT2D eigenvalue weighted by atomic mass is 33.1. The minimum absolute atomic E-state index is 0.00440. The number of hydrogen-bond donors (Lipinski definition) is 2. The summed E-state index contributed by atoms with van der Waals surface area (Å²) in [6.45, 7) is 6.90. The molecule has 1 aliphatic rings. The fourth-order valence-electron chi connectivity index (χ4n) is 3.46. The molecule has 0 spiro atoms. The predicted molar refractivity (Wildman–Crippen MR) is 125 cm³/mol. The van der Waals surface area contributed by atoms with Gasteiger partial charge in [-0.15, -0.1) is 0 Å². The Bertz CT molecular complexity index is 1170. The molecule has 0 radical (unpaired) electrons. The van der Waals surface area contributed by atoms with Crippen molar-refractivity contribution in [1.29, 1.82) is 0 Å². The lowest BCUT2D eigenvalue weighted by Crippen LogP contribution is -2.73. The number of aryl methyl sites for hydroxylation is 1. The number of carboxylic acids is 1. The van der Waals surface area contributed by atoms with Crippen LogP contribution in [0.5, 0.6) is 0 Å². The Hall–Kier alpha value is -3.11. The molecular weight excluding hydrogens is 464 g/mol. The molecule has 1 heterocycles. The van der Waals surface area contributed by atoms with E-state index < -0.39 is 44.1 Å². The number of rotatable bonds is 9. The largest absolute Gasteiger partial charge is 0.479 e. The Morgan fingerprint density at radius 2 is 1.76 bits per heavy atom. The van der Waals surface area contributed by atoms with Gasteiger partial charge in [-0.25, -0.2) is 13.2 Å². The molecule has 8 nitrogen and oxygen atoms in total. The summed E-state index contributed by atoms with van der Waals surface area (Å²) in [7, 11) is -3.52. The highest BCUT2D eigenvalue weighted by Gasteiger charge is 2.55. The lowest BCUT2D eigenvalue weighted by molar-refractivity contribution is -0.159. The van der Waals surface area contributed by atoms with Crippen molar-refractivity contribution >= 4 is 37.4 Å². The topological polar surface area (TPSA) is 121 Å². The van der Waals surface area contributed by atoms with Crippen molar-refractivity contribution in [3.05, 3.63) is 77.9 Å². The second-order valence-electron chi connectivity index (χ2n) is 7.79. The van der Waals surface area contributed by atoms with Crippen LogP contribution in [0.15, 0.2) is 71.6 Å². The van der Waals surface area contributed by atoms with Gasteiger partial charge in [0.15, 0.2) is 6.04 Å². The maximum Gasteiger partial charge on any atom is 0.330 e. The zero-order valence-corrected chi connectivity index (χ0v) is 19.7. The van der Waals surface area contributed by atoms with Gasteiger partial charge in [0, 0.05) is 10.8 Å². The standard InChI is InChI=1S/C23H24N2O6S2/c1-14(2)20(23(28)29)25-21(27)19(24-18(26)13-16-7-5-4-6-8-16)22(25)32-33(30,31)17-11-9-15(3)10-12-17/h4-12,19-20,22H,1,13H2,2-3H3,(H,24,26)(H,28,29). The molecule has 3 atom stereocenters. The van der Waals surface area contributed by atoms with Gasteiger partial charge >= 0.3 is 5.97 Å². The monoisotopic (exact) mass is 488 g/mol. The van der Waals surface area contributed by atoms with E-state index in [0.717, 1.165) is 16.0 Å². The summed E-state index contributed by atoms with van der Waals surface area (Å²) in [6, 6.07) is 12.4. The molecule has 2 aromatic rings. The Morgan fingerprint density at radius 1 is 1.15 bits per heavy atom. The SMILES string of the molecule is C=C(C)C(C(=O)O)N1C(=O)C(NC(=O)Cc2ccccc2)C1SS(=O)(=O)c1ccc(C)cc1. The summed E-state index contributed by atoms with van der Waals surface area (Å²) in [5.41, 5.74) is 1.77. The fraction of sp³-hybridized carbons (Fsp3) is 0.261. The first-order chi connectivity index (χ1) is 15.5. The molecular formula is C23H24N2O6S2. The number of benzene rings is 2. The summed E-state index contributed by atoms with van der Waals surface area (Å²) in [6.07, 6.45) is -0.00440. The molecule has 3 unspecified atom stereocenters. The average molecular weight is 489 g/mol. The van der Waals surface area contributed by atoms with Crippen LogP contribution < -0.4 is 5.32 Å². The number of carbonyl (C=O) groups is 3. The molecule has 0 saturated carbocycles. The second kappa shape index (κ2) is 9.80. The van der Waals surface area contributed by atoms with Gasteiger partial charge in [0.25, 0.3) is 0 Å². The number of amides is 2. The number of hydrogen-bond acceptors (Lipinski definition) is 6. The van der Waals surface area contributed by atoms with Crippen molar-refractivity contribution in [3.8, 4) is 0 Å². The molecule has 0 bridgehead atoms. The molecule has 2 aromatic carbocycles. The van der Waals surface area contributed by atoms with E-state index in [1.54, 1.807) is 42.5 Å². The van der Waals surface area contributed by atoms with E-state index >= 15 is 0 Å². The van der Waals surface area contributed by atoms with Gasteiger partial charge in [-0.1, -0.05) is 54.6 Å². The Balaban J connectivity index is 1.87. The molecule has 2 amide bonds. The second-order valence-corrected chi connectivity index (χ2v) is 11.7. The van der Waals surface area contributed by atoms with E-state index in [2.05, 4.69) is 11.9 Å². The van der Waals surface area contributed by atoms with Crippen molar-refractivity contribution in [2.24, 2.45) is 0 Å². The Morgan fingerprint density at radius 3 is 2.30 bits per heavy atom. The van der Waals surface area contributed by atoms with E-state index in [1.807, 2.05) is 6.92 Å². The smallest absolute Gasteiger partial charge is 0.330 e. The van der Waals surface area contributed by atoms with Crippen LogP contribution in [-0.2, 0) is 29.7 Å². The molecule has 3 rings (SSSR count). The Kier molecular flexibility index (Phi) is 7.28. The molecule has 1 saturated heterocycles. The van der Waals surface area contributed by atoms with Crippen LogP contribution in [0.4, 0.5) is 0 Å². The third-order valence-corrected chi connectivity index (χ3v) is 8.85. The fourth-order valence-corrected chi connectivity index (χ4v) is 6.97. The highest BCUT2D eigenvalue weighted by Crippen LogP contribution is 2.39. The zero-order valence-electron chi connectivity index (χ0n) is 18.1. The van der Waals surface area contributed by atoms with Crippen LogP contribution in [0.25, 0.3) is 0 Å². The molecule has 174 valence electrons. The van der Waals surface area contributed by atoms with Gasteiger partial charge in [-0.05, 0) is 37.1 Å². The van der Waals surface area contributed by atoms with Crippen molar-refractivity contribution < 1.29 is 27.9 Å². The quantitative estimate of drug-likeness (QED) is 0.316. The molecule has 0 aromatic heterocycles. The van der Waals surface area contributed by atoms with Gasteiger partial charge in [0.05, 0.1) is 11.3 Å². The average Bonchev–Trinajstić information content (AvgIpc) is 2.75. The van der Waals surface area contributed by atoms with Crippen LogP contribution in [0.1, 0.15) is 18.1 Å². The minimum Gasteiger partial charge on any atom is -0.479 e. The van der Waals surface area contributed by atoms with Crippen molar-refractivity contribution in [1.82, 2.24) is 10.2 Å². The molecule has 33 heavy (non-hydrogen) atoms. The molecule has 1 aliphatic heterocycles. The first-order valence-electron chi connectivity index (χ1n) is 10.0. The summed E-state index contributed by atoms with van der Waals surface area (Å²) in [5, 5.41) is 11.1. The summed E-state index contributed by atoms with van der Waals surface area (Å²) in [5.74, 6) is -2.48. The highest BCUT2D eigenvalue weighted by molar-refractivity contribution is 8.72. The van der Waals surface area contributed by atoms with Crippen molar-refractivity contribution in [2.45, 2.75) is 42.6 Å². The number of aliphatic carboxylic acids is 1. The van der Waals surface area contributed by atoms with E-state index in [1.165, 1.54) is 19.1 Å². The number of carboxylic acid groups (broad SMARTS) is 1. The third kappa shape index (κ3) is 5.45. The minimum atomic E-state index is -3.96. The maximum atomic E-state index is 13.0. The molecule has 1 fully saturated rings. The van der Waals surface area contributed by atoms with Gasteiger partial charge in [0.2, 0.25) is 20.7 Å². The van der Waals surface area contributed by atoms with E-state index in [4.69, 9.17) is 0 Å². The number of likely N-dealkylation sites (tertiary alicyclic amines) is 1. The summed E-state index contributed by atoms with van der Waals surface area (Å²) in [4.78, 5) is 38.2. The van der Waals surface area contributed by atoms with Crippen molar-refractivity contribution in [3.63, 3.8) is 0 Å². The molecule has 10 heteroatoms. The van der Waals surface area contributed by atoms with E-state index in [9.17, 15) is 27.9 Å². The lowest BCUT2D eigenvalue weighted by Gasteiger charge is -2.48. The summed E-state index contributed by atoms with van der Waals surface area (Å²) >= 11 is 0. The van der Waals surface area contributed by atoms with Gasteiger partial charge in [0.1, 0.15) is 11.4 Å². The van der Waals surface area contributed by atoms with Gasteiger partial charge in [-0.3, -0.25) is 9.59 Å². The molecule has 2 N–H and O–H groups in total. The van der Waals surface area contributed by atoms with Gasteiger partial charge < -0.3 is 15.3 Å². The van der Waals surface area contributed by atoms with E-state index in [0.29, 0.717) is 10.8 Å². The van der Waals surface area contributed by atoms with Crippen LogP contribution in [-0.4, -0.2) is 53.7 Å². The van der Waals surface area contributed by atoms with Crippen LogP contribution in [0, 0.1) is 6.92 Å². The summed E-state index contributed by atoms with van der Waals surface area (Å²) < 4.78 is 26.1. The normalized spacial score (nSPS) is 18.8. The third-order valence-electron chi connectivity index (χ3n) is 5.12. The van der Waals surface area contributed by atoms with Crippen molar-refractivity contribution in [2.75, 3.05) is 0 Å². The van der Waals surface area contributed by atoms with Crippen LogP contribution in [0.3, 0.4) is 0 Å². The Labute approximate surface area is 196 Å². The maximum absolute atomic E-state index is 13.0. The number of β-lactam (4-membered cyclic amide) rings is 1. The van der Waals surface area contributed by atoms with Crippen LogP contribution >= 0.6 is 10.8 Å². The number of nitrogens with one attached hydrogen (secondary N) is 1. The van der Waals surface area contributed by atoms with Crippen LogP contribution in [0.2, 0.25) is 0 Å². The predicted octanol–water partition coefficient (Wildman–Crippen LogP) is 2.34. The number of carbonyl (C=O) groups excluding carboxylic acids is 2. The zero-order chi connectivity index (χ0) is 24.3.